The first-order valence-corrected chi connectivity index (χ1v) is 4.35. The molecule has 3 N–H and O–H groups in total. The number of phenols is 1. The Kier molecular flexibility index (Phi) is 3.48. The van der Waals surface area contributed by atoms with Gasteiger partial charge in [-0.25, -0.2) is 0 Å². The van der Waals surface area contributed by atoms with E-state index in [9.17, 15) is 4.79 Å². The fourth-order valence-electron chi connectivity index (χ4n) is 0.990. The van der Waals surface area contributed by atoms with Gasteiger partial charge in [0.15, 0.2) is 0 Å². The first-order chi connectivity index (χ1) is 6.59. The minimum atomic E-state index is -0.573. The number of phenolic OH excluding ortho intramolecular Hbond substituents is 1. The van der Waals surface area contributed by atoms with Crippen molar-refractivity contribution in [3.8, 4) is 5.75 Å². The van der Waals surface area contributed by atoms with Gasteiger partial charge in [0.05, 0.1) is 6.10 Å². The third kappa shape index (κ3) is 3.06. The molecule has 0 aliphatic rings. The minimum Gasteiger partial charge on any atom is -0.508 e. The molecule has 0 saturated carbocycles. The second-order valence-electron chi connectivity index (χ2n) is 3.11. The van der Waals surface area contributed by atoms with Crippen LogP contribution in [0.4, 0.5) is 0 Å². The van der Waals surface area contributed by atoms with Crippen LogP contribution in [0.25, 0.3) is 0 Å². The molecular weight excluding hydrogens is 182 g/mol. The van der Waals surface area contributed by atoms with Crippen LogP contribution in [0.15, 0.2) is 24.3 Å². The number of benzene rings is 1. The third-order valence-corrected chi connectivity index (χ3v) is 1.67. The molecule has 1 atom stereocenters. The van der Waals surface area contributed by atoms with Crippen molar-refractivity contribution in [1.82, 2.24) is 5.32 Å². The molecular formula is C10H13NO3. The van der Waals surface area contributed by atoms with Gasteiger partial charge in [0.25, 0.3) is 5.91 Å². The monoisotopic (exact) mass is 195 g/mol. The van der Waals surface area contributed by atoms with Crippen LogP contribution >= 0.6 is 0 Å². The predicted molar refractivity (Wildman–Crippen MR) is 52.1 cm³/mol. The van der Waals surface area contributed by atoms with Gasteiger partial charge in [-0.3, -0.25) is 4.79 Å². The van der Waals surface area contributed by atoms with Crippen LogP contribution < -0.4 is 5.32 Å². The van der Waals surface area contributed by atoms with E-state index in [1.54, 1.807) is 19.1 Å². The van der Waals surface area contributed by atoms with Crippen LogP contribution in [0.5, 0.6) is 5.75 Å². The molecule has 14 heavy (non-hydrogen) atoms. The lowest BCUT2D eigenvalue weighted by Crippen LogP contribution is -2.30. The molecule has 0 heterocycles. The highest BCUT2D eigenvalue weighted by Gasteiger charge is 2.06. The number of amides is 1. The Morgan fingerprint density at radius 1 is 1.57 bits per heavy atom. The highest BCUT2D eigenvalue weighted by atomic mass is 16.3. The molecule has 0 fully saturated rings. The number of aliphatic hydroxyl groups excluding tert-OH is 1. The molecule has 1 aromatic rings. The number of hydrogen-bond acceptors (Lipinski definition) is 3. The lowest BCUT2D eigenvalue weighted by Gasteiger charge is -2.06. The average Bonchev–Trinajstić information content (AvgIpc) is 2.14. The minimum absolute atomic E-state index is 0.0506. The van der Waals surface area contributed by atoms with E-state index in [1.165, 1.54) is 12.1 Å². The Morgan fingerprint density at radius 3 is 2.86 bits per heavy atom. The van der Waals surface area contributed by atoms with Crippen molar-refractivity contribution >= 4 is 5.91 Å². The molecule has 0 aliphatic heterocycles. The summed E-state index contributed by atoms with van der Waals surface area (Å²) in [5, 5.41) is 20.6. The number of rotatable bonds is 3. The summed E-state index contributed by atoms with van der Waals surface area (Å²) in [5.74, 6) is -0.253. The van der Waals surface area contributed by atoms with Crippen LogP contribution in [-0.4, -0.2) is 28.8 Å². The number of hydrogen-bond donors (Lipinski definition) is 3. The Bertz CT molecular complexity index is 323. The van der Waals surface area contributed by atoms with E-state index >= 15 is 0 Å². The number of carbonyl (C=O) groups excluding carboxylic acids is 1. The first-order valence-electron chi connectivity index (χ1n) is 4.35. The summed E-state index contributed by atoms with van der Waals surface area (Å²) >= 11 is 0. The smallest absolute Gasteiger partial charge is 0.251 e. The maximum Gasteiger partial charge on any atom is 0.251 e. The second kappa shape index (κ2) is 4.62. The van der Waals surface area contributed by atoms with Crippen LogP contribution in [0.2, 0.25) is 0 Å². The van der Waals surface area contributed by atoms with Crippen molar-refractivity contribution in [1.29, 1.82) is 0 Å². The van der Waals surface area contributed by atoms with E-state index in [0.29, 0.717) is 5.56 Å². The molecule has 0 radical (unpaired) electrons. The zero-order valence-electron chi connectivity index (χ0n) is 7.90. The SMILES string of the molecule is C[C@H](O)CNC(=O)c1cccc(O)c1. The highest BCUT2D eigenvalue weighted by Crippen LogP contribution is 2.10. The molecule has 0 bridgehead atoms. The summed E-state index contributed by atoms with van der Waals surface area (Å²) in [6.45, 7) is 1.79. The largest absolute Gasteiger partial charge is 0.508 e. The van der Waals surface area contributed by atoms with Gasteiger partial charge in [0, 0.05) is 12.1 Å². The van der Waals surface area contributed by atoms with E-state index in [2.05, 4.69) is 5.32 Å². The third-order valence-electron chi connectivity index (χ3n) is 1.67. The molecule has 4 nitrogen and oxygen atoms in total. The number of aliphatic hydroxyl groups is 1. The summed E-state index contributed by atoms with van der Waals surface area (Å²) in [4.78, 5) is 11.4. The van der Waals surface area contributed by atoms with E-state index in [0.717, 1.165) is 0 Å². The maximum absolute atomic E-state index is 11.4. The molecule has 4 heteroatoms. The molecule has 0 aromatic heterocycles. The Balaban J connectivity index is 2.61. The number of nitrogens with one attached hydrogen (secondary N) is 1. The quantitative estimate of drug-likeness (QED) is 0.658. The van der Waals surface area contributed by atoms with Crippen molar-refractivity contribution in [2.45, 2.75) is 13.0 Å². The average molecular weight is 195 g/mol. The van der Waals surface area contributed by atoms with E-state index in [-0.39, 0.29) is 18.2 Å². The second-order valence-corrected chi connectivity index (χ2v) is 3.11. The summed E-state index contributed by atoms with van der Waals surface area (Å²) in [7, 11) is 0. The fraction of sp³-hybridized carbons (Fsp3) is 0.300. The zero-order valence-corrected chi connectivity index (χ0v) is 7.90. The highest BCUT2D eigenvalue weighted by molar-refractivity contribution is 5.94. The molecule has 1 rings (SSSR count). The Labute approximate surface area is 82.2 Å². The molecule has 0 spiro atoms. The lowest BCUT2D eigenvalue weighted by atomic mass is 10.2. The summed E-state index contributed by atoms with van der Waals surface area (Å²) in [6.07, 6.45) is -0.573. The summed E-state index contributed by atoms with van der Waals surface area (Å²) < 4.78 is 0. The van der Waals surface area contributed by atoms with Crippen LogP contribution in [0, 0.1) is 0 Å². The molecule has 1 amide bonds. The molecule has 0 aliphatic carbocycles. The number of aromatic hydroxyl groups is 1. The Hall–Kier alpha value is -1.55. The van der Waals surface area contributed by atoms with Crippen molar-refractivity contribution in [3.05, 3.63) is 29.8 Å². The van der Waals surface area contributed by atoms with Crippen LogP contribution in [-0.2, 0) is 0 Å². The van der Waals surface area contributed by atoms with Crippen molar-refractivity contribution in [3.63, 3.8) is 0 Å². The standard InChI is InChI=1S/C10H13NO3/c1-7(12)6-11-10(14)8-3-2-4-9(13)5-8/h2-5,7,12-13H,6H2,1H3,(H,11,14)/t7-/m0/s1. The number of carbonyl (C=O) groups is 1. The van der Waals surface area contributed by atoms with Crippen molar-refractivity contribution < 1.29 is 15.0 Å². The summed E-state index contributed by atoms with van der Waals surface area (Å²) in [5.41, 5.74) is 0.380. The molecule has 0 unspecified atom stereocenters. The molecule has 1 aromatic carbocycles. The van der Waals surface area contributed by atoms with Crippen molar-refractivity contribution in [2.24, 2.45) is 0 Å². The van der Waals surface area contributed by atoms with E-state index in [4.69, 9.17) is 10.2 Å². The van der Waals surface area contributed by atoms with Crippen LogP contribution in [0.1, 0.15) is 17.3 Å². The van der Waals surface area contributed by atoms with Gasteiger partial charge in [0.2, 0.25) is 0 Å². The van der Waals surface area contributed by atoms with E-state index < -0.39 is 6.10 Å². The van der Waals surface area contributed by atoms with Gasteiger partial charge in [-0.05, 0) is 25.1 Å². The van der Waals surface area contributed by atoms with Gasteiger partial charge in [-0.2, -0.15) is 0 Å². The van der Waals surface area contributed by atoms with E-state index in [1.807, 2.05) is 0 Å². The normalized spacial score (nSPS) is 12.1. The Morgan fingerprint density at radius 2 is 2.29 bits per heavy atom. The maximum atomic E-state index is 11.4. The summed E-state index contributed by atoms with van der Waals surface area (Å²) in [6, 6.07) is 6.05. The van der Waals surface area contributed by atoms with Gasteiger partial charge in [-0.1, -0.05) is 6.07 Å². The van der Waals surface area contributed by atoms with Crippen LogP contribution in [0.3, 0.4) is 0 Å². The predicted octanol–water partition coefficient (Wildman–Crippen LogP) is 0.503. The first kappa shape index (κ1) is 10.5. The lowest BCUT2D eigenvalue weighted by molar-refractivity contribution is 0.0923. The topological polar surface area (TPSA) is 69.6 Å². The van der Waals surface area contributed by atoms with Gasteiger partial charge >= 0.3 is 0 Å². The molecule has 0 saturated heterocycles. The fourth-order valence-corrected chi connectivity index (χ4v) is 0.990. The molecule has 76 valence electrons. The zero-order chi connectivity index (χ0) is 10.6. The van der Waals surface area contributed by atoms with Crippen molar-refractivity contribution in [2.75, 3.05) is 6.54 Å². The van der Waals surface area contributed by atoms with Gasteiger partial charge in [-0.15, -0.1) is 0 Å². The van der Waals surface area contributed by atoms with Gasteiger partial charge in [0.1, 0.15) is 5.75 Å². The van der Waals surface area contributed by atoms with Gasteiger partial charge < -0.3 is 15.5 Å².